The van der Waals surface area contributed by atoms with Crippen LogP contribution in [0.25, 0.3) is 0 Å². The van der Waals surface area contributed by atoms with Gasteiger partial charge in [-0.15, -0.1) is 0 Å². The van der Waals surface area contributed by atoms with E-state index in [-0.39, 0.29) is 22.3 Å². The molecule has 0 aliphatic rings. The molecule has 0 saturated carbocycles. The molecule has 0 unspecified atom stereocenters. The standard InChI is InChI=1S/C12H18N4O4S/c1-5-13-10-9(16(18)19)11(15-7-14-10)21-6-8(17)20-12(2,3)4/h7H,5-6H2,1-4H3,(H,13,14,15). The van der Waals surface area contributed by atoms with Crippen molar-refractivity contribution < 1.29 is 14.5 Å². The number of thioether (sulfide) groups is 1. The van der Waals surface area contributed by atoms with Gasteiger partial charge in [0.2, 0.25) is 5.82 Å². The lowest BCUT2D eigenvalue weighted by atomic mass is 10.2. The lowest BCUT2D eigenvalue weighted by Crippen LogP contribution is -2.25. The van der Waals surface area contributed by atoms with Crippen molar-refractivity contribution in [2.45, 2.75) is 38.3 Å². The predicted molar refractivity (Wildman–Crippen MR) is 79.4 cm³/mol. The molecule has 0 atom stereocenters. The number of anilines is 1. The van der Waals surface area contributed by atoms with Crippen LogP contribution in [0.3, 0.4) is 0 Å². The van der Waals surface area contributed by atoms with E-state index in [0.717, 1.165) is 11.8 Å². The fourth-order valence-electron chi connectivity index (χ4n) is 1.43. The second-order valence-electron chi connectivity index (χ2n) is 5.04. The van der Waals surface area contributed by atoms with E-state index in [9.17, 15) is 14.9 Å². The first-order valence-corrected chi connectivity index (χ1v) is 7.31. The average Bonchev–Trinajstić information content (AvgIpc) is 2.34. The highest BCUT2D eigenvalue weighted by molar-refractivity contribution is 8.00. The van der Waals surface area contributed by atoms with Gasteiger partial charge in [0.25, 0.3) is 0 Å². The van der Waals surface area contributed by atoms with Crippen molar-refractivity contribution in [2.75, 3.05) is 17.6 Å². The molecule has 0 amide bonds. The minimum atomic E-state index is -0.593. The zero-order chi connectivity index (χ0) is 16.0. The first-order chi connectivity index (χ1) is 9.74. The van der Waals surface area contributed by atoms with Gasteiger partial charge in [0, 0.05) is 6.54 Å². The summed E-state index contributed by atoms with van der Waals surface area (Å²) in [6.07, 6.45) is 1.22. The summed E-state index contributed by atoms with van der Waals surface area (Å²) in [7, 11) is 0. The van der Waals surface area contributed by atoms with Crippen molar-refractivity contribution in [1.29, 1.82) is 0 Å². The maximum absolute atomic E-state index is 11.7. The topological polar surface area (TPSA) is 107 Å². The molecule has 0 aliphatic heterocycles. The first-order valence-electron chi connectivity index (χ1n) is 6.32. The molecule has 1 rings (SSSR count). The molecule has 0 aromatic carbocycles. The highest BCUT2D eigenvalue weighted by Gasteiger charge is 2.24. The number of hydrogen-bond donors (Lipinski definition) is 1. The number of esters is 1. The molecule has 0 saturated heterocycles. The molecule has 21 heavy (non-hydrogen) atoms. The predicted octanol–water partition coefficient (Wildman–Crippen LogP) is 2.25. The summed E-state index contributed by atoms with van der Waals surface area (Å²) < 4.78 is 5.15. The van der Waals surface area contributed by atoms with Gasteiger partial charge in [-0.25, -0.2) is 9.97 Å². The normalized spacial score (nSPS) is 11.0. The Morgan fingerprint density at radius 3 is 2.67 bits per heavy atom. The van der Waals surface area contributed by atoms with Crippen molar-refractivity contribution in [1.82, 2.24) is 9.97 Å². The van der Waals surface area contributed by atoms with Crippen LogP contribution in [0.1, 0.15) is 27.7 Å². The molecule has 8 nitrogen and oxygen atoms in total. The maximum atomic E-state index is 11.7. The molecule has 1 N–H and O–H groups in total. The third-order valence-electron chi connectivity index (χ3n) is 2.06. The fourth-order valence-corrected chi connectivity index (χ4v) is 2.17. The molecule has 0 bridgehead atoms. The number of carbonyl (C=O) groups is 1. The number of nitrogens with one attached hydrogen (secondary N) is 1. The Bertz CT molecular complexity index is 530. The number of aromatic nitrogens is 2. The second-order valence-corrected chi connectivity index (χ2v) is 6.00. The molecule has 1 heterocycles. The Morgan fingerprint density at radius 2 is 2.14 bits per heavy atom. The summed E-state index contributed by atoms with van der Waals surface area (Å²) >= 11 is 0.957. The Labute approximate surface area is 126 Å². The average molecular weight is 314 g/mol. The molecule has 0 spiro atoms. The summed E-state index contributed by atoms with van der Waals surface area (Å²) in [5, 5.41) is 14.1. The van der Waals surface area contributed by atoms with E-state index in [2.05, 4.69) is 15.3 Å². The quantitative estimate of drug-likeness (QED) is 0.280. The van der Waals surface area contributed by atoms with E-state index in [4.69, 9.17) is 4.74 Å². The highest BCUT2D eigenvalue weighted by atomic mass is 32.2. The number of carbonyl (C=O) groups excluding carboxylic acids is 1. The number of hydrogen-bond acceptors (Lipinski definition) is 8. The van der Waals surface area contributed by atoms with Crippen LogP contribution in [0.5, 0.6) is 0 Å². The zero-order valence-electron chi connectivity index (χ0n) is 12.4. The number of nitrogens with zero attached hydrogens (tertiary/aromatic N) is 3. The van der Waals surface area contributed by atoms with Crippen LogP contribution in [0.15, 0.2) is 11.4 Å². The smallest absolute Gasteiger partial charge is 0.343 e. The van der Waals surface area contributed by atoms with Gasteiger partial charge in [-0.1, -0.05) is 11.8 Å². The van der Waals surface area contributed by atoms with E-state index in [1.807, 2.05) is 0 Å². The summed E-state index contributed by atoms with van der Waals surface area (Å²) in [5.41, 5.74) is -0.822. The lowest BCUT2D eigenvalue weighted by molar-refractivity contribution is -0.387. The van der Waals surface area contributed by atoms with Gasteiger partial charge in [0.1, 0.15) is 11.9 Å². The third kappa shape index (κ3) is 5.54. The van der Waals surface area contributed by atoms with Crippen molar-refractivity contribution >= 4 is 29.2 Å². The van der Waals surface area contributed by atoms with E-state index < -0.39 is 16.5 Å². The Balaban J connectivity index is 2.86. The van der Waals surface area contributed by atoms with Gasteiger partial charge >= 0.3 is 11.7 Å². The lowest BCUT2D eigenvalue weighted by Gasteiger charge is -2.19. The Morgan fingerprint density at radius 1 is 1.48 bits per heavy atom. The minimum absolute atomic E-state index is 0.0549. The summed E-state index contributed by atoms with van der Waals surface area (Å²) in [6.45, 7) is 7.57. The monoisotopic (exact) mass is 314 g/mol. The number of nitro groups is 1. The van der Waals surface area contributed by atoms with Gasteiger partial charge < -0.3 is 10.1 Å². The maximum Gasteiger partial charge on any atom is 0.343 e. The second kappa shape index (κ2) is 7.21. The van der Waals surface area contributed by atoms with Gasteiger partial charge in [0.05, 0.1) is 10.7 Å². The number of ether oxygens (including phenoxy) is 1. The van der Waals surface area contributed by atoms with E-state index in [1.165, 1.54) is 6.33 Å². The van der Waals surface area contributed by atoms with Crippen molar-refractivity contribution in [3.63, 3.8) is 0 Å². The summed E-state index contributed by atoms with van der Waals surface area (Å²) in [6, 6.07) is 0. The van der Waals surface area contributed by atoms with Crippen LogP contribution < -0.4 is 5.32 Å². The molecular formula is C12H18N4O4S. The molecule has 9 heteroatoms. The molecule has 1 aromatic heterocycles. The van der Waals surface area contributed by atoms with Gasteiger partial charge in [-0.2, -0.15) is 0 Å². The van der Waals surface area contributed by atoms with Crippen molar-refractivity contribution in [3.05, 3.63) is 16.4 Å². The molecular weight excluding hydrogens is 296 g/mol. The fraction of sp³-hybridized carbons (Fsp3) is 0.583. The number of rotatable bonds is 6. The van der Waals surface area contributed by atoms with Crippen LogP contribution >= 0.6 is 11.8 Å². The van der Waals surface area contributed by atoms with Gasteiger partial charge in [-0.05, 0) is 27.7 Å². The van der Waals surface area contributed by atoms with E-state index in [0.29, 0.717) is 6.54 Å². The summed E-state index contributed by atoms with van der Waals surface area (Å²) in [4.78, 5) is 30.0. The third-order valence-corrected chi connectivity index (χ3v) is 3.01. The molecule has 0 aliphatic carbocycles. The van der Waals surface area contributed by atoms with Crippen molar-refractivity contribution in [2.24, 2.45) is 0 Å². The Hall–Kier alpha value is -1.90. The Kier molecular flexibility index (Phi) is 5.89. The van der Waals surface area contributed by atoms with Crippen LogP contribution in [-0.4, -0.2) is 38.8 Å². The molecule has 0 fully saturated rings. The minimum Gasteiger partial charge on any atom is -0.459 e. The van der Waals surface area contributed by atoms with E-state index in [1.54, 1.807) is 27.7 Å². The molecule has 116 valence electrons. The van der Waals surface area contributed by atoms with Crippen LogP contribution in [-0.2, 0) is 9.53 Å². The zero-order valence-corrected chi connectivity index (χ0v) is 13.2. The SMILES string of the molecule is CCNc1ncnc(SCC(=O)OC(C)(C)C)c1[N+](=O)[O-]. The van der Waals surface area contributed by atoms with Crippen molar-refractivity contribution in [3.8, 4) is 0 Å². The van der Waals surface area contributed by atoms with E-state index >= 15 is 0 Å². The van der Waals surface area contributed by atoms with Crippen LogP contribution in [0, 0.1) is 10.1 Å². The highest BCUT2D eigenvalue weighted by Crippen LogP contribution is 2.32. The van der Waals surface area contributed by atoms with Gasteiger partial charge in [-0.3, -0.25) is 14.9 Å². The van der Waals surface area contributed by atoms with Crippen LogP contribution in [0.2, 0.25) is 0 Å². The molecule has 0 radical (unpaired) electrons. The largest absolute Gasteiger partial charge is 0.459 e. The van der Waals surface area contributed by atoms with Crippen LogP contribution in [0.4, 0.5) is 11.5 Å². The molecule has 1 aromatic rings. The summed E-state index contributed by atoms with van der Waals surface area (Å²) in [5.74, 6) is -0.365. The van der Waals surface area contributed by atoms with Gasteiger partial charge in [0.15, 0.2) is 5.03 Å². The first kappa shape index (κ1) is 17.2.